The van der Waals surface area contributed by atoms with Crippen molar-refractivity contribution in [1.29, 1.82) is 0 Å². The molecule has 3 nitrogen and oxygen atoms in total. The van der Waals surface area contributed by atoms with Crippen LogP contribution in [-0.4, -0.2) is 25.7 Å². The van der Waals surface area contributed by atoms with Crippen molar-refractivity contribution in [1.82, 2.24) is 0 Å². The predicted octanol–water partition coefficient (Wildman–Crippen LogP) is 1.36. The minimum atomic E-state index is -3.22. The van der Waals surface area contributed by atoms with Crippen LogP contribution in [0.3, 0.4) is 0 Å². The molecule has 0 saturated carbocycles. The van der Waals surface area contributed by atoms with Gasteiger partial charge in [0.15, 0.2) is 9.84 Å². The van der Waals surface area contributed by atoms with Crippen LogP contribution in [0.15, 0.2) is 29.2 Å². The minimum absolute atomic E-state index is 0.0488. The zero-order valence-corrected chi connectivity index (χ0v) is 9.22. The zero-order valence-electron chi connectivity index (χ0n) is 7.64. The van der Waals surface area contributed by atoms with Gasteiger partial charge in [0.2, 0.25) is 0 Å². The average Bonchev–Trinajstić information content (AvgIpc) is 2.15. The van der Waals surface area contributed by atoms with E-state index >= 15 is 0 Å². The van der Waals surface area contributed by atoms with Crippen LogP contribution in [0.5, 0.6) is 0 Å². The van der Waals surface area contributed by atoms with Crippen molar-refractivity contribution < 1.29 is 13.5 Å². The monoisotopic (exact) mass is 234 g/mol. The van der Waals surface area contributed by atoms with Crippen molar-refractivity contribution in [2.75, 3.05) is 12.1 Å². The summed E-state index contributed by atoms with van der Waals surface area (Å²) in [4.78, 5) is 0.194. The largest absolute Gasteiger partial charge is 0.387 e. The van der Waals surface area contributed by atoms with Gasteiger partial charge in [-0.15, -0.1) is 11.6 Å². The first kappa shape index (κ1) is 11.5. The summed E-state index contributed by atoms with van der Waals surface area (Å²) in [6.45, 7) is 0. The lowest BCUT2D eigenvalue weighted by atomic mass is 10.1. The van der Waals surface area contributed by atoms with Gasteiger partial charge in [-0.2, -0.15) is 0 Å². The SMILES string of the molecule is CS(=O)(=O)c1cccc(C(O)CCl)c1. The molecule has 1 unspecified atom stereocenters. The van der Waals surface area contributed by atoms with Crippen LogP contribution < -0.4 is 0 Å². The lowest BCUT2D eigenvalue weighted by molar-refractivity contribution is 0.202. The summed E-state index contributed by atoms with van der Waals surface area (Å²) in [5.74, 6) is 0.0488. The maximum Gasteiger partial charge on any atom is 0.175 e. The normalized spacial score (nSPS) is 13.9. The summed E-state index contributed by atoms with van der Waals surface area (Å²) in [7, 11) is -3.22. The van der Waals surface area contributed by atoms with E-state index in [0.717, 1.165) is 6.26 Å². The van der Waals surface area contributed by atoms with E-state index in [1.807, 2.05) is 0 Å². The quantitative estimate of drug-likeness (QED) is 0.804. The van der Waals surface area contributed by atoms with Crippen LogP contribution in [0.25, 0.3) is 0 Å². The average molecular weight is 235 g/mol. The molecular weight excluding hydrogens is 224 g/mol. The fourth-order valence-corrected chi connectivity index (χ4v) is 1.90. The molecule has 5 heteroatoms. The molecule has 0 saturated heterocycles. The molecule has 0 aromatic heterocycles. The first-order valence-electron chi connectivity index (χ1n) is 3.99. The number of hydrogen-bond donors (Lipinski definition) is 1. The van der Waals surface area contributed by atoms with Gasteiger partial charge in [-0.1, -0.05) is 12.1 Å². The fraction of sp³-hybridized carbons (Fsp3) is 0.333. The van der Waals surface area contributed by atoms with Crippen molar-refractivity contribution in [3.63, 3.8) is 0 Å². The van der Waals surface area contributed by atoms with E-state index in [1.165, 1.54) is 12.1 Å². The standard InChI is InChI=1S/C9H11ClO3S/c1-14(12,13)8-4-2-3-7(5-8)9(11)6-10/h2-5,9,11H,6H2,1H3. The third-order valence-corrected chi connectivity index (χ3v) is 3.22. The van der Waals surface area contributed by atoms with E-state index in [1.54, 1.807) is 12.1 Å². The van der Waals surface area contributed by atoms with Crippen LogP contribution in [0.1, 0.15) is 11.7 Å². The Bertz CT molecular complexity index is 414. The molecule has 0 aliphatic rings. The molecule has 1 aromatic carbocycles. The minimum Gasteiger partial charge on any atom is -0.387 e. The van der Waals surface area contributed by atoms with E-state index in [9.17, 15) is 13.5 Å². The van der Waals surface area contributed by atoms with Gasteiger partial charge in [0.05, 0.1) is 16.9 Å². The Kier molecular flexibility index (Phi) is 3.53. The Labute approximate surface area is 88.2 Å². The third-order valence-electron chi connectivity index (χ3n) is 1.82. The van der Waals surface area contributed by atoms with Gasteiger partial charge >= 0.3 is 0 Å². The molecule has 0 fully saturated rings. The van der Waals surface area contributed by atoms with Crippen LogP contribution >= 0.6 is 11.6 Å². The highest BCUT2D eigenvalue weighted by atomic mass is 35.5. The van der Waals surface area contributed by atoms with Gasteiger partial charge in [-0.25, -0.2) is 8.42 Å². The van der Waals surface area contributed by atoms with E-state index in [0.29, 0.717) is 5.56 Å². The van der Waals surface area contributed by atoms with Gasteiger partial charge in [-0.05, 0) is 17.7 Å². The number of hydrogen-bond acceptors (Lipinski definition) is 3. The van der Waals surface area contributed by atoms with Gasteiger partial charge in [0.25, 0.3) is 0 Å². The number of aliphatic hydroxyl groups excluding tert-OH is 1. The molecular formula is C9H11ClO3S. The molecule has 1 rings (SSSR count). The van der Waals surface area contributed by atoms with Crippen molar-refractivity contribution in [3.8, 4) is 0 Å². The second-order valence-corrected chi connectivity index (χ2v) is 5.34. The molecule has 78 valence electrons. The van der Waals surface area contributed by atoms with Gasteiger partial charge < -0.3 is 5.11 Å². The highest BCUT2D eigenvalue weighted by Gasteiger charge is 2.11. The lowest BCUT2D eigenvalue weighted by Gasteiger charge is -2.07. The Morgan fingerprint density at radius 2 is 2.14 bits per heavy atom. The third kappa shape index (κ3) is 2.70. The lowest BCUT2D eigenvalue weighted by Crippen LogP contribution is -2.02. The fourth-order valence-electron chi connectivity index (χ4n) is 1.04. The van der Waals surface area contributed by atoms with E-state index in [-0.39, 0.29) is 10.8 Å². The smallest absolute Gasteiger partial charge is 0.175 e. The Morgan fingerprint density at radius 1 is 1.50 bits per heavy atom. The molecule has 1 atom stereocenters. The molecule has 0 spiro atoms. The number of halogens is 1. The van der Waals surface area contributed by atoms with Gasteiger partial charge in [0.1, 0.15) is 0 Å². The second kappa shape index (κ2) is 4.29. The number of benzene rings is 1. The van der Waals surface area contributed by atoms with Crippen molar-refractivity contribution >= 4 is 21.4 Å². The number of alkyl halides is 1. The van der Waals surface area contributed by atoms with Crippen LogP contribution in [-0.2, 0) is 9.84 Å². The number of rotatable bonds is 3. The predicted molar refractivity (Wildman–Crippen MR) is 55.2 cm³/mol. The van der Waals surface area contributed by atoms with E-state index in [2.05, 4.69) is 0 Å². The Morgan fingerprint density at radius 3 is 2.64 bits per heavy atom. The summed E-state index contributed by atoms with van der Waals surface area (Å²) in [5, 5.41) is 9.39. The Hall–Kier alpha value is -0.580. The van der Waals surface area contributed by atoms with E-state index in [4.69, 9.17) is 11.6 Å². The molecule has 1 aromatic rings. The van der Waals surface area contributed by atoms with E-state index < -0.39 is 15.9 Å². The van der Waals surface area contributed by atoms with Crippen molar-refractivity contribution in [3.05, 3.63) is 29.8 Å². The molecule has 14 heavy (non-hydrogen) atoms. The number of sulfone groups is 1. The topological polar surface area (TPSA) is 54.4 Å². The molecule has 1 N–H and O–H groups in total. The van der Waals surface area contributed by atoms with Gasteiger partial charge in [-0.3, -0.25) is 0 Å². The van der Waals surface area contributed by atoms with Crippen LogP contribution in [0.2, 0.25) is 0 Å². The maximum absolute atomic E-state index is 11.2. The zero-order chi connectivity index (χ0) is 10.8. The molecule has 0 aliphatic heterocycles. The summed E-state index contributed by atoms with van der Waals surface area (Å²) < 4.78 is 22.4. The van der Waals surface area contributed by atoms with Gasteiger partial charge in [0, 0.05) is 6.26 Å². The first-order chi connectivity index (χ1) is 6.45. The number of aliphatic hydroxyl groups is 1. The molecule has 0 bridgehead atoms. The second-order valence-electron chi connectivity index (χ2n) is 3.01. The maximum atomic E-state index is 11.2. The summed E-state index contributed by atoms with van der Waals surface area (Å²) in [6, 6.07) is 6.14. The first-order valence-corrected chi connectivity index (χ1v) is 6.42. The molecule has 0 aliphatic carbocycles. The summed E-state index contributed by atoms with van der Waals surface area (Å²) in [5.41, 5.74) is 0.517. The van der Waals surface area contributed by atoms with Crippen molar-refractivity contribution in [2.24, 2.45) is 0 Å². The summed E-state index contributed by atoms with van der Waals surface area (Å²) >= 11 is 5.45. The van der Waals surface area contributed by atoms with Crippen LogP contribution in [0, 0.1) is 0 Å². The molecule has 0 radical (unpaired) electrons. The van der Waals surface area contributed by atoms with Crippen LogP contribution in [0.4, 0.5) is 0 Å². The van der Waals surface area contributed by atoms with Crippen molar-refractivity contribution in [2.45, 2.75) is 11.0 Å². The summed E-state index contributed by atoms with van der Waals surface area (Å²) in [6.07, 6.45) is 0.303. The molecule has 0 heterocycles. The highest BCUT2D eigenvalue weighted by molar-refractivity contribution is 7.90. The highest BCUT2D eigenvalue weighted by Crippen LogP contribution is 2.18. The molecule has 0 amide bonds. The Balaban J connectivity index is 3.14.